The van der Waals surface area contributed by atoms with E-state index in [1.54, 1.807) is 75.3 Å². The number of carboxylic acids is 3. The molecule has 0 aliphatic heterocycles. The molecule has 0 radical (unpaired) electrons. The maximum absolute atomic E-state index is 14.9. The first-order valence-corrected chi connectivity index (χ1v) is 25.7. The summed E-state index contributed by atoms with van der Waals surface area (Å²) in [6, 6.07) is 24.6. The van der Waals surface area contributed by atoms with Gasteiger partial charge in [0, 0.05) is 79.6 Å². The molecule has 17 nitrogen and oxygen atoms in total. The van der Waals surface area contributed by atoms with Crippen molar-refractivity contribution in [2.24, 2.45) is 23.5 Å². The quantitative estimate of drug-likeness (QED) is 0.0674. The summed E-state index contributed by atoms with van der Waals surface area (Å²) in [5.41, 5.74) is 3.77. The number of carbonyl (C=O) groups is 5. The predicted molar refractivity (Wildman–Crippen MR) is 310 cm³/mol. The van der Waals surface area contributed by atoms with Gasteiger partial charge in [-0.25, -0.2) is 27.6 Å². The lowest BCUT2D eigenvalue weighted by Gasteiger charge is -2.21. The smallest absolute Gasteiger partial charge is 0.341 e. The van der Waals surface area contributed by atoms with Crippen molar-refractivity contribution in [1.82, 2.24) is 13.7 Å². The third kappa shape index (κ3) is 16.3. The second-order valence-corrected chi connectivity index (χ2v) is 20.0. The highest BCUT2D eigenvalue weighted by Crippen LogP contribution is 2.28. The second kappa shape index (κ2) is 29.0. The van der Waals surface area contributed by atoms with Gasteiger partial charge in [-0.15, -0.1) is 0 Å². The number of hydrogen-bond donors (Lipinski definition) is 5. The van der Waals surface area contributed by atoms with E-state index in [2.05, 4.69) is 11.1 Å². The van der Waals surface area contributed by atoms with E-state index in [-0.39, 0.29) is 61.4 Å². The Labute approximate surface area is 473 Å². The number of aromatic nitrogens is 3. The van der Waals surface area contributed by atoms with Crippen LogP contribution in [0.3, 0.4) is 0 Å². The number of amides is 1. The fraction of sp³-hybridized carbons (Fsp3) is 0.254. The number of rotatable bonds is 13. The zero-order valence-electron chi connectivity index (χ0n) is 45.7. The van der Waals surface area contributed by atoms with Crippen molar-refractivity contribution >= 4 is 96.3 Å². The Morgan fingerprint density at radius 2 is 0.901 bits per heavy atom. The molecule has 0 saturated heterocycles. The minimum atomic E-state index is -1.37. The molecule has 0 aliphatic carbocycles. The number of nitrogens with zero attached hydrogens (tertiary/aromatic N) is 4. The SMILES string of the molecule is CC(C)Cn1cc(C(=O)O)c(=O)c2cc(F)c(Cl)cc21.CC(C)Cn1cc(C(=O)O)c(=O)c2cc(F)c(N(C)C(=O)c3ccccc3)cc21.CN.CNc1cc2c(cc1F)c(=O)c(C(=O)O)cn2CC(C)C.O=C(Cl)c1ccccc1. The number of hydrogen-bond acceptors (Lipinski definition) is 10. The summed E-state index contributed by atoms with van der Waals surface area (Å²) in [5, 5.41) is 29.8. The largest absolute Gasteiger partial charge is 0.477 e. The first-order chi connectivity index (χ1) is 38.2. The number of anilines is 2. The van der Waals surface area contributed by atoms with E-state index in [9.17, 15) is 56.6 Å². The number of pyridine rings is 3. The van der Waals surface area contributed by atoms with Gasteiger partial charge in [-0.2, -0.15) is 0 Å². The Hall–Kier alpha value is -8.59. The molecular weight excluding hydrogens is 1100 g/mol. The Bertz CT molecular complexity index is 3810. The summed E-state index contributed by atoms with van der Waals surface area (Å²) >= 11 is 10.9. The molecule has 8 rings (SSSR count). The second-order valence-electron chi connectivity index (χ2n) is 19.2. The lowest BCUT2D eigenvalue weighted by molar-refractivity contribution is 0.0684. The number of nitrogens with two attached hydrogens (primary N) is 1. The zero-order valence-corrected chi connectivity index (χ0v) is 47.2. The average molecular weight is 1160 g/mol. The maximum atomic E-state index is 14.9. The van der Waals surface area contributed by atoms with E-state index in [4.69, 9.17) is 33.4 Å². The number of carboxylic acid groups (broad SMARTS) is 3. The third-order valence-corrected chi connectivity index (χ3v) is 12.3. The van der Waals surface area contributed by atoms with Crippen LogP contribution in [0.25, 0.3) is 32.7 Å². The summed E-state index contributed by atoms with van der Waals surface area (Å²) in [5.74, 6) is -5.87. The van der Waals surface area contributed by atoms with Gasteiger partial charge in [-0.05, 0) is 84.9 Å². The van der Waals surface area contributed by atoms with Crippen LogP contribution in [-0.2, 0) is 19.6 Å². The summed E-state index contributed by atoms with van der Waals surface area (Å²) in [6.45, 7) is 13.2. The van der Waals surface area contributed by atoms with Crippen LogP contribution >= 0.6 is 23.2 Å². The molecule has 0 saturated carbocycles. The molecule has 428 valence electrons. The molecule has 5 aromatic carbocycles. The predicted octanol–water partition coefficient (Wildman–Crippen LogP) is 11.1. The molecule has 22 heteroatoms. The van der Waals surface area contributed by atoms with Crippen molar-refractivity contribution < 1.29 is 52.5 Å². The van der Waals surface area contributed by atoms with E-state index in [0.717, 1.165) is 18.2 Å². The number of carbonyl (C=O) groups excluding carboxylic acids is 2. The minimum Gasteiger partial charge on any atom is -0.477 e. The van der Waals surface area contributed by atoms with E-state index in [1.807, 2.05) is 47.6 Å². The number of benzene rings is 5. The molecule has 3 heterocycles. The molecule has 6 N–H and O–H groups in total. The first kappa shape index (κ1) is 64.9. The molecule has 81 heavy (non-hydrogen) atoms. The Morgan fingerprint density at radius 3 is 1.25 bits per heavy atom. The van der Waals surface area contributed by atoms with Crippen LogP contribution < -0.4 is 32.2 Å². The van der Waals surface area contributed by atoms with Crippen LogP contribution in [0.15, 0.2) is 130 Å². The highest BCUT2D eigenvalue weighted by atomic mass is 35.5. The fourth-order valence-corrected chi connectivity index (χ4v) is 8.47. The van der Waals surface area contributed by atoms with Gasteiger partial charge in [0.1, 0.15) is 34.1 Å². The van der Waals surface area contributed by atoms with Gasteiger partial charge in [0.15, 0.2) is 0 Å². The highest BCUT2D eigenvalue weighted by molar-refractivity contribution is 6.67. The molecule has 0 atom stereocenters. The molecule has 0 unspecified atom stereocenters. The molecule has 0 spiro atoms. The van der Waals surface area contributed by atoms with Crippen LogP contribution in [-0.4, -0.2) is 79.2 Å². The maximum Gasteiger partial charge on any atom is 0.341 e. The average Bonchev–Trinajstić information content (AvgIpc) is 3.44. The Morgan fingerprint density at radius 1 is 0.556 bits per heavy atom. The molecule has 0 fully saturated rings. The van der Waals surface area contributed by atoms with E-state index < -0.39 is 68.4 Å². The summed E-state index contributed by atoms with van der Waals surface area (Å²) in [7, 11) is 4.54. The monoisotopic (exact) mass is 1160 g/mol. The molecule has 0 bridgehead atoms. The van der Waals surface area contributed by atoms with Gasteiger partial charge in [0.05, 0.1) is 32.9 Å². The molecule has 8 aromatic rings. The number of aromatic carboxylic acids is 3. The summed E-state index contributed by atoms with van der Waals surface area (Å²) in [6.07, 6.45) is 3.87. The van der Waals surface area contributed by atoms with Gasteiger partial charge in [0.2, 0.25) is 16.3 Å². The standard InChI is InChI=1S/C22H21FN2O4.C15H17FN2O3.C14H13ClFNO3.C7H5ClO.CH5N/c1-13(2)11-25-12-16(22(28)29)20(26)15-9-17(23)19(10-18(15)25)24(3)21(27)14-7-5-4-6-8-14;1-8(2)6-18-7-10(15(20)21)14(19)9-4-11(16)12(17-3)5-13(9)18;1-7(2)5-17-6-9(14(19)20)13(18)8-3-11(16)10(15)4-12(8)17;8-7(9)6-4-2-1-3-5-6;1-2/h4-10,12-13H,11H2,1-3H3,(H,28,29);4-5,7-8,17H,6H2,1-3H3,(H,20,21);3-4,6-7H,5H2,1-2H3,(H,19,20);1-5H;2H2,1H3. The van der Waals surface area contributed by atoms with Gasteiger partial charge < -0.3 is 45.0 Å². The van der Waals surface area contributed by atoms with Crippen molar-refractivity contribution in [1.29, 1.82) is 0 Å². The highest BCUT2D eigenvalue weighted by Gasteiger charge is 2.23. The third-order valence-electron chi connectivity index (χ3n) is 11.8. The molecule has 0 aliphatic rings. The lowest BCUT2D eigenvalue weighted by atomic mass is 10.1. The van der Waals surface area contributed by atoms with Gasteiger partial charge in [-0.3, -0.25) is 24.0 Å². The topological polar surface area (TPSA) is 253 Å². The van der Waals surface area contributed by atoms with Crippen molar-refractivity contribution in [2.45, 2.75) is 61.2 Å². The van der Waals surface area contributed by atoms with E-state index >= 15 is 0 Å². The van der Waals surface area contributed by atoms with Gasteiger partial charge in [0.25, 0.3) is 11.1 Å². The summed E-state index contributed by atoms with van der Waals surface area (Å²) < 4.78 is 47.2. The fourth-order valence-electron chi connectivity index (χ4n) is 8.19. The van der Waals surface area contributed by atoms with Crippen LogP contribution in [0.5, 0.6) is 0 Å². The number of halogens is 5. The van der Waals surface area contributed by atoms with Crippen LogP contribution in [0.2, 0.25) is 5.02 Å². The number of nitrogens with one attached hydrogen (secondary N) is 1. The van der Waals surface area contributed by atoms with Crippen molar-refractivity contribution in [3.05, 3.63) is 197 Å². The minimum absolute atomic E-state index is 0.00586. The summed E-state index contributed by atoms with van der Waals surface area (Å²) in [4.78, 5) is 94.9. The van der Waals surface area contributed by atoms with Gasteiger partial charge in [-0.1, -0.05) is 102 Å². The Balaban J connectivity index is 0.000000243. The van der Waals surface area contributed by atoms with Crippen molar-refractivity contribution in [3.8, 4) is 0 Å². The van der Waals surface area contributed by atoms with E-state index in [1.165, 1.54) is 55.8 Å². The van der Waals surface area contributed by atoms with Crippen LogP contribution in [0.1, 0.15) is 93.3 Å². The lowest BCUT2D eigenvalue weighted by Crippen LogP contribution is -2.27. The van der Waals surface area contributed by atoms with Gasteiger partial charge >= 0.3 is 17.9 Å². The molecule has 1 amide bonds. The van der Waals surface area contributed by atoms with Crippen LogP contribution in [0, 0.1) is 35.2 Å². The van der Waals surface area contributed by atoms with Crippen LogP contribution in [0.4, 0.5) is 24.5 Å². The number of fused-ring (bicyclic) bond motifs is 3. The molecular formula is C59H61Cl2F3N6O11. The van der Waals surface area contributed by atoms with Crippen molar-refractivity contribution in [3.63, 3.8) is 0 Å². The zero-order chi connectivity index (χ0) is 60.7. The normalized spacial score (nSPS) is 10.7. The van der Waals surface area contributed by atoms with E-state index in [0.29, 0.717) is 47.3 Å². The Kier molecular flexibility index (Phi) is 23.3. The first-order valence-electron chi connectivity index (χ1n) is 25.0. The molecule has 3 aromatic heterocycles. The van der Waals surface area contributed by atoms with Crippen molar-refractivity contribution in [2.75, 3.05) is 31.4 Å².